The number of anilines is 1. The van der Waals surface area contributed by atoms with Gasteiger partial charge in [0.1, 0.15) is 35.5 Å². The Hall–Kier alpha value is -7.13. The number of carbonyl (C=O) groups is 3. The average Bonchev–Trinajstić information content (AvgIpc) is 4.01. The van der Waals surface area contributed by atoms with E-state index in [0.717, 1.165) is 38.4 Å². The summed E-state index contributed by atoms with van der Waals surface area (Å²) in [5.74, 6) is -1.41. The lowest BCUT2D eigenvalue weighted by molar-refractivity contribution is -0.154. The highest BCUT2D eigenvalue weighted by molar-refractivity contribution is 8.00. The van der Waals surface area contributed by atoms with E-state index in [1.807, 2.05) is 134 Å². The number of ether oxygens (including phenoxy) is 1. The number of aryl methyl sites for hydroxylation is 1. The van der Waals surface area contributed by atoms with Crippen molar-refractivity contribution >= 4 is 69.1 Å². The SMILES string of the molecule is CO/N=C(/C(=O)NC1C(=O)N2C(C(=O)OC(c3ccccc3)c3ccccc3)=C(/C=C/c3scnc3C)CS[C@H]12)c1csc(NC(c2ccccc2)(c2ccccc2)c2ccccc2)n1. The van der Waals surface area contributed by atoms with Crippen molar-refractivity contribution in [1.82, 2.24) is 20.2 Å². The number of aromatic nitrogens is 2. The predicted molar refractivity (Wildman–Crippen MR) is 257 cm³/mol. The van der Waals surface area contributed by atoms with E-state index in [-0.39, 0.29) is 17.1 Å². The van der Waals surface area contributed by atoms with Crippen LogP contribution in [0.5, 0.6) is 0 Å². The Kier molecular flexibility index (Phi) is 12.8. The number of thiazole rings is 2. The number of nitrogens with zero attached hydrogens (tertiary/aromatic N) is 4. The second-order valence-corrected chi connectivity index (χ2v) is 18.0. The van der Waals surface area contributed by atoms with Crippen molar-refractivity contribution in [2.24, 2.45) is 5.16 Å². The van der Waals surface area contributed by atoms with Crippen LogP contribution in [0.25, 0.3) is 6.08 Å². The molecule has 4 heterocycles. The number of nitrogens with one attached hydrogen (secondary N) is 2. The van der Waals surface area contributed by atoms with Crippen molar-refractivity contribution in [2.75, 3.05) is 18.2 Å². The molecule has 14 heteroatoms. The molecule has 11 nitrogen and oxygen atoms in total. The minimum absolute atomic E-state index is 0.110. The molecule has 0 radical (unpaired) electrons. The molecule has 2 N–H and O–H groups in total. The quantitative estimate of drug-likeness (QED) is 0.0339. The van der Waals surface area contributed by atoms with Gasteiger partial charge in [-0.05, 0) is 46.4 Å². The summed E-state index contributed by atoms with van der Waals surface area (Å²) in [6, 6.07) is 48.4. The van der Waals surface area contributed by atoms with Crippen LogP contribution < -0.4 is 10.6 Å². The maximum atomic E-state index is 14.5. The number of oxime groups is 1. The van der Waals surface area contributed by atoms with Crippen LogP contribution in [0, 0.1) is 6.92 Å². The monoisotopic (exact) mass is 914 g/mol. The zero-order chi connectivity index (χ0) is 44.8. The summed E-state index contributed by atoms with van der Waals surface area (Å²) < 4.78 is 6.34. The van der Waals surface area contributed by atoms with Gasteiger partial charge < -0.3 is 20.2 Å². The second kappa shape index (κ2) is 19.3. The molecular formula is C51H42N6O5S3. The molecule has 0 aliphatic carbocycles. The number of fused-ring (bicyclic) bond motifs is 1. The van der Waals surface area contributed by atoms with Gasteiger partial charge >= 0.3 is 5.97 Å². The van der Waals surface area contributed by atoms with Crippen LogP contribution in [0.3, 0.4) is 0 Å². The van der Waals surface area contributed by atoms with Gasteiger partial charge in [0.15, 0.2) is 16.9 Å². The highest BCUT2D eigenvalue weighted by Gasteiger charge is 2.55. The minimum Gasteiger partial charge on any atom is -0.448 e. The number of benzene rings is 5. The highest BCUT2D eigenvalue weighted by Crippen LogP contribution is 2.43. The first-order valence-electron chi connectivity index (χ1n) is 20.7. The normalized spacial score (nSPS) is 16.3. The van der Waals surface area contributed by atoms with Gasteiger partial charge in [-0.15, -0.1) is 34.4 Å². The van der Waals surface area contributed by atoms with E-state index in [9.17, 15) is 14.4 Å². The van der Waals surface area contributed by atoms with Gasteiger partial charge in [-0.25, -0.2) is 14.8 Å². The van der Waals surface area contributed by atoms with E-state index in [4.69, 9.17) is 14.6 Å². The molecule has 324 valence electrons. The van der Waals surface area contributed by atoms with E-state index in [1.165, 1.54) is 46.4 Å². The van der Waals surface area contributed by atoms with Gasteiger partial charge in [0.2, 0.25) is 0 Å². The molecule has 0 saturated carbocycles. The molecule has 1 fully saturated rings. The molecule has 1 saturated heterocycles. The van der Waals surface area contributed by atoms with E-state index >= 15 is 0 Å². The fraction of sp³-hybridized carbons (Fsp3) is 0.137. The van der Waals surface area contributed by atoms with Crippen LogP contribution in [0.2, 0.25) is 0 Å². The van der Waals surface area contributed by atoms with Crippen molar-refractivity contribution < 1.29 is 24.0 Å². The van der Waals surface area contributed by atoms with Crippen molar-refractivity contribution in [1.29, 1.82) is 0 Å². The lowest BCUT2D eigenvalue weighted by atomic mass is 9.77. The summed E-state index contributed by atoms with van der Waals surface area (Å²) in [5, 5.41) is 12.4. The Morgan fingerprint density at radius 2 is 1.35 bits per heavy atom. The Bertz CT molecular complexity index is 2750. The molecule has 2 aliphatic rings. The molecule has 65 heavy (non-hydrogen) atoms. The first kappa shape index (κ1) is 43.1. The fourth-order valence-corrected chi connectivity index (χ4v) is 10.8. The third-order valence-electron chi connectivity index (χ3n) is 11.2. The van der Waals surface area contributed by atoms with Crippen LogP contribution in [0.15, 0.2) is 185 Å². The van der Waals surface area contributed by atoms with Crippen molar-refractivity contribution in [2.45, 2.75) is 30.0 Å². The number of hydrogen-bond acceptors (Lipinski definition) is 12. The van der Waals surface area contributed by atoms with Crippen LogP contribution in [0.4, 0.5) is 5.13 Å². The molecule has 2 aliphatic heterocycles. The number of rotatable bonds is 15. The standard InChI is InChI=1S/C51H42N6O5S3/c1-33-41(65-32-52-33)29-28-36-30-63-48-43(47(59)57(48)44(36)49(60)62-45(34-18-8-3-9-19-34)35-20-10-4-11-21-35)54-46(58)42(56-61-2)40-31-64-50(53-40)55-51(37-22-12-5-13-23-37,38-24-14-6-15-25-38)39-26-16-7-17-27-39/h3-29,31-32,43,45,48H,30H2,1-2H3,(H,53,55)(H,54,58)/b29-28+,56-42+/t43?,48-/m1/s1. The van der Waals surface area contributed by atoms with E-state index in [2.05, 4.69) is 57.2 Å². The zero-order valence-electron chi connectivity index (χ0n) is 35.2. The summed E-state index contributed by atoms with van der Waals surface area (Å²) in [7, 11) is 1.35. The largest absolute Gasteiger partial charge is 0.448 e. The van der Waals surface area contributed by atoms with Crippen LogP contribution in [-0.4, -0.2) is 62.6 Å². The summed E-state index contributed by atoms with van der Waals surface area (Å²) in [5.41, 5.74) is 7.16. The summed E-state index contributed by atoms with van der Waals surface area (Å²) in [4.78, 5) is 59.9. The average molecular weight is 915 g/mol. The third kappa shape index (κ3) is 8.75. The summed E-state index contributed by atoms with van der Waals surface area (Å²) in [6.07, 6.45) is 3.01. The van der Waals surface area contributed by atoms with Crippen LogP contribution in [-0.2, 0) is 29.5 Å². The third-order valence-corrected chi connectivity index (χ3v) is 14.1. The van der Waals surface area contributed by atoms with E-state index in [0.29, 0.717) is 16.5 Å². The van der Waals surface area contributed by atoms with Crippen LogP contribution in [0.1, 0.15) is 50.2 Å². The molecule has 7 aromatic rings. The van der Waals surface area contributed by atoms with Gasteiger partial charge in [0.05, 0.1) is 11.2 Å². The summed E-state index contributed by atoms with van der Waals surface area (Å²) in [6.45, 7) is 1.92. The Labute approximate surface area is 388 Å². The van der Waals surface area contributed by atoms with Gasteiger partial charge in [-0.2, -0.15) is 0 Å². The molecule has 0 bridgehead atoms. The first-order valence-corrected chi connectivity index (χ1v) is 23.6. The van der Waals surface area contributed by atoms with Crippen molar-refractivity contribution in [3.05, 3.63) is 224 Å². The molecule has 2 amide bonds. The molecule has 1 unspecified atom stereocenters. The van der Waals surface area contributed by atoms with Gasteiger partial charge in [0, 0.05) is 16.0 Å². The number of carbonyl (C=O) groups excluding carboxylic acids is 3. The van der Waals surface area contributed by atoms with E-state index < -0.39 is 40.8 Å². The number of allylic oxidation sites excluding steroid dienone is 1. The van der Waals surface area contributed by atoms with Gasteiger partial charge in [-0.1, -0.05) is 163 Å². The predicted octanol–water partition coefficient (Wildman–Crippen LogP) is 9.36. The van der Waals surface area contributed by atoms with Crippen molar-refractivity contribution in [3.63, 3.8) is 0 Å². The molecule has 2 atom stereocenters. The fourth-order valence-electron chi connectivity index (χ4n) is 8.04. The number of esters is 1. The van der Waals surface area contributed by atoms with Crippen molar-refractivity contribution in [3.8, 4) is 0 Å². The van der Waals surface area contributed by atoms with Gasteiger partial charge in [0.25, 0.3) is 11.8 Å². The maximum Gasteiger partial charge on any atom is 0.356 e. The molecule has 2 aromatic heterocycles. The maximum absolute atomic E-state index is 14.5. The zero-order valence-corrected chi connectivity index (χ0v) is 37.7. The highest BCUT2D eigenvalue weighted by atomic mass is 32.2. The second-order valence-electron chi connectivity index (χ2n) is 15.1. The molecular weight excluding hydrogens is 873 g/mol. The smallest absolute Gasteiger partial charge is 0.356 e. The Morgan fingerprint density at radius 3 is 1.88 bits per heavy atom. The lowest BCUT2D eigenvalue weighted by Gasteiger charge is -2.49. The number of hydrogen-bond donors (Lipinski definition) is 2. The number of amides is 2. The first-order chi connectivity index (χ1) is 31.9. The molecule has 9 rings (SSSR count). The Morgan fingerprint density at radius 1 is 0.800 bits per heavy atom. The minimum atomic E-state index is -0.983. The van der Waals surface area contributed by atoms with E-state index in [1.54, 1.807) is 10.9 Å². The number of β-lactam (4-membered cyclic amide) rings is 1. The number of thioether (sulfide) groups is 1. The Balaban J connectivity index is 0.993. The molecule has 0 spiro atoms. The van der Waals surface area contributed by atoms with Crippen LogP contribution >= 0.6 is 34.4 Å². The summed E-state index contributed by atoms with van der Waals surface area (Å²) >= 11 is 4.23. The molecule has 5 aromatic carbocycles. The lowest BCUT2D eigenvalue weighted by Crippen LogP contribution is -2.71. The topological polar surface area (TPSA) is 135 Å². The van der Waals surface area contributed by atoms with Gasteiger partial charge in [-0.3, -0.25) is 14.5 Å².